The van der Waals surface area contributed by atoms with Crippen molar-refractivity contribution in [3.05, 3.63) is 59.9 Å². The molecule has 1 amide bonds. The fourth-order valence-electron chi connectivity index (χ4n) is 1.12. The predicted octanol–water partition coefficient (Wildman–Crippen LogP) is 1.27. The SMILES string of the molecule is NC(=O)c1ccncc1.O=C(O)c1ccc(O)cc1. The van der Waals surface area contributed by atoms with Crippen LogP contribution in [0.2, 0.25) is 0 Å². The van der Waals surface area contributed by atoms with Gasteiger partial charge in [-0.05, 0) is 36.4 Å². The monoisotopic (exact) mass is 260 g/mol. The first-order chi connectivity index (χ1) is 9.00. The molecule has 98 valence electrons. The van der Waals surface area contributed by atoms with Gasteiger partial charge in [-0.25, -0.2) is 4.79 Å². The Labute approximate surface area is 109 Å². The summed E-state index contributed by atoms with van der Waals surface area (Å²) in [4.78, 5) is 24.3. The van der Waals surface area contributed by atoms with Crippen molar-refractivity contribution in [1.29, 1.82) is 0 Å². The number of nitrogens with zero attached hydrogens (tertiary/aromatic N) is 1. The maximum Gasteiger partial charge on any atom is 0.335 e. The average Bonchev–Trinajstić information content (AvgIpc) is 2.41. The summed E-state index contributed by atoms with van der Waals surface area (Å²) in [6, 6.07) is 8.51. The zero-order valence-corrected chi connectivity index (χ0v) is 9.85. The van der Waals surface area contributed by atoms with E-state index >= 15 is 0 Å². The van der Waals surface area contributed by atoms with Gasteiger partial charge < -0.3 is 15.9 Å². The van der Waals surface area contributed by atoms with Crippen LogP contribution in [0.1, 0.15) is 20.7 Å². The lowest BCUT2D eigenvalue weighted by Gasteiger charge is -1.92. The Morgan fingerprint density at radius 3 is 1.84 bits per heavy atom. The van der Waals surface area contributed by atoms with Gasteiger partial charge in [0, 0.05) is 18.0 Å². The van der Waals surface area contributed by atoms with Gasteiger partial charge in [0.1, 0.15) is 5.75 Å². The largest absolute Gasteiger partial charge is 0.508 e. The number of amides is 1. The number of hydrogen-bond acceptors (Lipinski definition) is 4. The molecule has 0 unspecified atom stereocenters. The maximum absolute atomic E-state index is 10.4. The molecule has 0 saturated carbocycles. The van der Waals surface area contributed by atoms with Crippen LogP contribution < -0.4 is 5.73 Å². The highest BCUT2D eigenvalue weighted by atomic mass is 16.4. The quantitative estimate of drug-likeness (QED) is 0.752. The van der Waals surface area contributed by atoms with E-state index in [9.17, 15) is 9.59 Å². The molecule has 6 nitrogen and oxygen atoms in total. The highest BCUT2D eigenvalue weighted by Crippen LogP contribution is 2.08. The van der Waals surface area contributed by atoms with Crippen molar-refractivity contribution in [2.45, 2.75) is 0 Å². The van der Waals surface area contributed by atoms with Crippen LogP contribution in [0.5, 0.6) is 5.75 Å². The number of benzene rings is 1. The van der Waals surface area contributed by atoms with Crippen molar-refractivity contribution in [1.82, 2.24) is 4.98 Å². The predicted molar refractivity (Wildman–Crippen MR) is 67.8 cm³/mol. The van der Waals surface area contributed by atoms with E-state index in [1.807, 2.05) is 0 Å². The second-order valence-electron chi connectivity index (χ2n) is 3.45. The molecule has 4 N–H and O–H groups in total. The number of primary amides is 1. The highest BCUT2D eigenvalue weighted by molar-refractivity contribution is 5.92. The molecule has 0 atom stereocenters. The van der Waals surface area contributed by atoms with Crippen molar-refractivity contribution in [2.24, 2.45) is 5.73 Å². The Kier molecular flexibility index (Phi) is 5.04. The summed E-state index contributed by atoms with van der Waals surface area (Å²) >= 11 is 0. The van der Waals surface area contributed by atoms with Crippen molar-refractivity contribution in [2.75, 3.05) is 0 Å². The number of aromatic nitrogens is 1. The van der Waals surface area contributed by atoms with Crippen LogP contribution >= 0.6 is 0 Å². The maximum atomic E-state index is 10.4. The van der Waals surface area contributed by atoms with Crippen LogP contribution in [0.4, 0.5) is 0 Å². The van der Waals surface area contributed by atoms with Crippen LogP contribution in [0.3, 0.4) is 0 Å². The van der Waals surface area contributed by atoms with E-state index in [1.54, 1.807) is 12.1 Å². The van der Waals surface area contributed by atoms with Crippen molar-refractivity contribution < 1.29 is 19.8 Å². The fourth-order valence-corrected chi connectivity index (χ4v) is 1.12. The number of nitrogens with two attached hydrogens (primary N) is 1. The number of phenols is 1. The molecule has 6 heteroatoms. The molecule has 0 fully saturated rings. The third kappa shape index (κ3) is 4.86. The molecule has 1 aromatic heterocycles. The topological polar surface area (TPSA) is 114 Å². The summed E-state index contributed by atoms with van der Waals surface area (Å²) in [6.07, 6.45) is 3.06. The highest BCUT2D eigenvalue weighted by Gasteiger charge is 1.99. The fraction of sp³-hybridized carbons (Fsp3) is 0. The average molecular weight is 260 g/mol. The first kappa shape index (κ1) is 14.2. The van der Waals surface area contributed by atoms with Gasteiger partial charge in [0.2, 0.25) is 5.91 Å². The lowest BCUT2D eigenvalue weighted by molar-refractivity contribution is 0.0696. The zero-order chi connectivity index (χ0) is 14.3. The Balaban J connectivity index is 0.000000191. The van der Waals surface area contributed by atoms with E-state index in [4.69, 9.17) is 15.9 Å². The number of pyridine rings is 1. The lowest BCUT2D eigenvalue weighted by atomic mass is 10.2. The van der Waals surface area contributed by atoms with E-state index < -0.39 is 11.9 Å². The smallest absolute Gasteiger partial charge is 0.335 e. The summed E-state index contributed by atoms with van der Waals surface area (Å²) < 4.78 is 0. The Hall–Kier alpha value is -2.89. The molecule has 2 aromatic rings. The Bertz CT molecular complexity index is 553. The van der Waals surface area contributed by atoms with Gasteiger partial charge in [-0.1, -0.05) is 0 Å². The number of rotatable bonds is 2. The molecule has 1 aromatic carbocycles. The molecule has 0 aliphatic rings. The first-order valence-corrected chi connectivity index (χ1v) is 5.23. The van der Waals surface area contributed by atoms with Crippen molar-refractivity contribution in [3.8, 4) is 5.75 Å². The van der Waals surface area contributed by atoms with Gasteiger partial charge in [-0.3, -0.25) is 9.78 Å². The van der Waals surface area contributed by atoms with Gasteiger partial charge in [0.15, 0.2) is 0 Å². The third-order valence-corrected chi connectivity index (χ3v) is 2.08. The molecule has 0 saturated heterocycles. The molecular formula is C13H12N2O4. The summed E-state index contributed by atoms with van der Waals surface area (Å²) in [5, 5.41) is 17.1. The first-order valence-electron chi connectivity index (χ1n) is 5.23. The normalized spacial score (nSPS) is 9.05. The summed E-state index contributed by atoms with van der Waals surface area (Å²) in [7, 11) is 0. The number of aromatic hydroxyl groups is 1. The van der Waals surface area contributed by atoms with Crippen LogP contribution in [0, 0.1) is 0 Å². The van der Waals surface area contributed by atoms with E-state index in [0.717, 1.165) is 0 Å². The van der Waals surface area contributed by atoms with Crippen LogP contribution in [-0.2, 0) is 0 Å². The number of hydrogen-bond donors (Lipinski definition) is 3. The summed E-state index contributed by atoms with van der Waals surface area (Å²) in [5.74, 6) is -1.33. The molecular weight excluding hydrogens is 248 g/mol. The van der Waals surface area contributed by atoms with Gasteiger partial charge in [-0.2, -0.15) is 0 Å². The van der Waals surface area contributed by atoms with Gasteiger partial charge >= 0.3 is 5.97 Å². The minimum atomic E-state index is -0.986. The second-order valence-corrected chi connectivity index (χ2v) is 3.45. The standard InChI is InChI=1S/C7H6O3.C6H6N2O/c8-6-3-1-5(2-4-6)7(9)10;7-6(9)5-1-3-8-4-2-5/h1-4,8H,(H,9,10);1-4H,(H2,7,9). The molecule has 19 heavy (non-hydrogen) atoms. The zero-order valence-electron chi connectivity index (χ0n) is 9.85. The number of carbonyl (C=O) groups is 2. The van der Waals surface area contributed by atoms with Gasteiger partial charge in [0.05, 0.1) is 5.56 Å². The number of phenolic OH excluding ortho intramolecular Hbond substituents is 1. The summed E-state index contributed by atoms with van der Waals surface area (Å²) in [5.41, 5.74) is 5.62. The van der Waals surface area contributed by atoms with Crippen LogP contribution in [0.15, 0.2) is 48.8 Å². The van der Waals surface area contributed by atoms with E-state index in [1.165, 1.54) is 36.7 Å². The minimum Gasteiger partial charge on any atom is -0.508 e. The molecule has 0 aliphatic heterocycles. The minimum absolute atomic E-state index is 0.0741. The van der Waals surface area contributed by atoms with E-state index in [-0.39, 0.29) is 11.3 Å². The number of carbonyl (C=O) groups excluding carboxylic acids is 1. The molecule has 1 heterocycles. The third-order valence-electron chi connectivity index (χ3n) is 2.08. The van der Waals surface area contributed by atoms with Crippen molar-refractivity contribution in [3.63, 3.8) is 0 Å². The Morgan fingerprint density at radius 1 is 0.947 bits per heavy atom. The van der Waals surface area contributed by atoms with Crippen LogP contribution in [0.25, 0.3) is 0 Å². The molecule has 2 rings (SSSR count). The van der Waals surface area contributed by atoms with Crippen LogP contribution in [-0.4, -0.2) is 27.1 Å². The molecule has 0 spiro atoms. The van der Waals surface area contributed by atoms with E-state index in [2.05, 4.69) is 4.98 Å². The van der Waals surface area contributed by atoms with Gasteiger partial charge in [0.25, 0.3) is 0 Å². The summed E-state index contributed by atoms with van der Waals surface area (Å²) in [6.45, 7) is 0. The molecule has 0 radical (unpaired) electrons. The van der Waals surface area contributed by atoms with E-state index in [0.29, 0.717) is 5.56 Å². The lowest BCUT2D eigenvalue weighted by Crippen LogP contribution is -2.10. The second kappa shape index (κ2) is 6.75. The number of carboxylic acids is 1. The molecule has 0 aliphatic carbocycles. The Morgan fingerprint density at radius 2 is 1.47 bits per heavy atom. The number of carboxylic acid groups (broad SMARTS) is 1. The van der Waals surface area contributed by atoms with Crippen molar-refractivity contribution >= 4 is 11.9 Å². The molecule has 0 bridgehead atoms. The number of aromatic carboxylic acids is 1. The van der Waals surface area contributed by atoms with Gasteiger partial charge in [-0.15, -0.1) is 0 Å².